The summed E-state index contributed by atoms with van der Waals surface area (Å²) in [6.07, 6.45) is 0. The number of thiophene rings is 1. The molecule has 136 valence electrons. The van der Waals surface area contributed by atoms with Gasteiger partial charge in [-0.25, -0.2) is 4.98 Å². The molecule has 0 saturated carbocycles. The molecule has 4 aromatic rings. The highest BCUT2D eigenvalue weighted by molar-refractivity contribution is 7.08. The molecule has 0 saturated heterocycles. The van der Waals surface area contributed by atoms with Gasteiger partial charge in [0.25, 0.3) is 0 Å². The largest absolute Gasteiger partial charge is 0.502 e. The Balaban J connectivity index is 1.91. The lowest BCUT2D eigenvalue weighted by molar-refractivity contribution is 0.340. The molecule has 2 aromatic heterocycles. The SMILES string of the molecule is COc1cc(-c2nc(-c3ccsc3)c(-c3ccccc3)[nH]2)cc(OC)c1O. The summed E-state index contributed by atoms with van der Waals surface area (Å²) in [5, 5.41) is 14.3. The van der Waals surface area contributed by atoms with Crippen molar-refractivity contribution in [2.24, 2.45) is 0 Å². The first-order valence-electron chi connectivity index (χ1n) is 8.34. The van der Waals surface area contributed by atoms with E-state index in [4.69, 9.17) is 14.5 Å². The summed E-state index contributed by atoms with van der Waals surface area (Å²) in [7, 11) is 3.01. The molecule has 0 fully saturated rings. The van der Waals surface area contributed by atoms with Gasteiger partial charge in [0.1, 0.15) is 5.82 Å². The van der Waals surface area contributed by atoms with Gasteiger partial charge >= 0.3 is 0 Å². The van der Waals surface area contributed by atoms with Crippen molar-refractivity contribution in [1.82, 2.24) is 9.97 Å². The second-order valence-corrected chi connectivity index (χ2v) is 6.70. The number of imidazole rings is 1. The van der Waals surface area contributed by atoms with E-state index in [0.717, 1.165) is 28.1 Å². The summed E-state index contributed by atoms with van der Waals surface area (Å²) in [5.41, 5.74) is 4.69. The molecule has 2 N–H and O–H groups in total. The van der Waals surface area contributed by atoms with Gasteiger partial charge in [0.15, 0.2) is 11.5 Å². The Labute approximate surface area is 160 Å². The predicted octanol–water partition coefficient (Wildman–Crippen LogP) is 5.20. The van der Waals surface area contributed by atoms with Crippen LogP contribution < -0.4 is 9.47 Å². The number of hydrogen-bond donors (Lipinski definition) is 2. The van der Waals surface area contributed by atoms with Crippen LogP contribution in [0.15, 0.2) is 59.3 Å². The van der Waals surface area contributed by atoms with E-state index in [1.165, 1.54) is 14.2 Å². The number of ether oxygens (including phenoxy) is 2. The monoisotopic (exact) mass is 378 g/mol. The van der Waals surface area contributed by atoms with Crippen molar-refractivity contribution >= 4 is 11.3 Å². The van der Waals surface area contributed by atoms with Gasteiger partial charge in [-0.15, -0.1) is 0 Å². The molecule has 4 rings (SSSR count). The molecular formula is C21H18N2O3S. The summed E-state index contributed by atoms with van der Waals surface area (Å²) in [6, 6.07) is 15.6. The quantitative estimate of drug-likeness (QED) is 0.501. The fourth-order valence-electron chi connectivity index (χ4n) is 2.96. The maximum atomic E-state index is 10.2. The first kappa shape index (κ1) is 17.2. The standard InChI is InChI=1S/C21H18N2O3S/c1-25-16-10-15(11-17(26-2)20(16)24)21-22-18(13-6-4-3-5-7-13)19(23-21)14-8-9-27-12-14/h3-12,24H,1-2H3,(H,22,23). The predicted molar refractivity (Wildman–Crippen MR) is 108 cm³/mol. The fraction of sp³-hybridized carbons (Fsp3) is 0.0952. The van der Waals surface area contributed by atoms with Gasteiger partial charge in [-0.3, -0.25) is 0 Å². The highest BCUT2D eigenvalue weighted by atomic mass is 32.1. The van der Waals surface area contributed by atoms with Gasteiger partial charge in [0.2, 0.25) is 5.75 Å². The normalized spacial score (nSPS) is 10.7. The van der Waals surface area contributed by atoms with Gasteiger partial charge in [-0.1, -0.05) is 30.3 Å². The Hall–Kier alpha value is -3.25. The van der Waals surface area contributed by atoms with Crippen LogP contribution in [-0.2, 0) is 0 Å². The van der Waals surface area contributed by atoms with Crippen molar-refractivity contribution in [2.75, 3.05) is 14.2 Å². The Kier molecular flexibility index (Phi) is 4.56. The molecule has 2 aromatic carbocycles. The van der Waals surface area contributed by atoms with Gasteiger partial charge in [-0.2, -0.15) is 11.3 Å². The minimum absolute atomic E-state index is 0.0309. The molecule has 5 nitrogen and oxygen atoms in total. The molecule has 2 heterocycles. The smallest absolute Gasteiger partial charge is 0.200 e. The highest BCUT2D eigenvalue weighted by Gasteiger charge is 2.18. The number of methoxy groups -OCH3 is 2. The average molecular weight is 378 g/mol. The topological polar surface area (TPSA) is 67.4 Å². The number of hydrogen-bond acceptors (Lipinski definition) is 5. The van der Waals surface area contributed by atoms with Crippen LogP contribution in [0.5, 0.6) is 17.2 Å². The van der Waals surface area contributed by atoms with Crippen molar-refractivity contribution in [2.45, 2.75) is 0 Å². The molecule has 6 heteroatoms. The van der Waals surface area contributed by atoms with Crippen LogP contribution in [-0.4, -0.2) is 29.3 Å². The number of rotatable bonds is 5. The molecule has 0 aliphatic heterocycles. The minimum atomic E-state index is -0.0309. The maximum absolute atomic E-state index is 10.2. The zero-order chi connectivity index (χ0) is 18.8. The van der Waals surface area contributed by atoms with Crippen LogP contribution in [0.2, 0.25) is 0 Å². The summed E-state index contributed by atoms with van der Waals surface area (Å²) in [5.74, 6) is 1.31. The number of aromatic amines is 1. The van der Waals surface area contributed by atoms with Gasteiger partial charge in [0.05, 0.1) is 25.6 Å². The Morgan fingerprint density at radius 3 is 2.22 bits per heavy atom. The van der Waals surface area contributed by atoms with Crippen LogP contribution in [0.4, 0.5) is 0 Å². The lowest BCUT2D eigenvalue weighted by Gasteiger charge is -2.10. The third-order valence-corrected chi connectivity index (χ3v) is 5.00. The molecule has 0 radical (unpaired) electrons. The third kappa shape index (κ3) is 3.15. The number of benzene rings is 2. The average Bonchev–Trinajstić information content (AvgIpc) is 3.38. The molecule has 0 unspecified atom stereocenters. The summed E-state index contributed by atoms with van der Waals surface area (Å²) in [6.45, 7) is 0. The number of nitrogens with zero attached hydrogens (tertiary/aromatic N) is 1. The van der Waals surface area contributed by atoms with E-state index in [1.807, 2.05) is 35.7 Å². The maximum Gasteiger partial charge on any atom is 0.200 e. The molecule has 0 bridgehead atoms. The lowest BCUT2D eigenvalue weighted by Crippen LogP contribution is -1.91. The fourth-order valence-corrected chi connectivity index (χ4v) is 3.60. The Bertz CT molecular complexity index is 1030. The zero-order valence-electron chi connectivity index (χ0n) is 14.9. The van der Waals surface area contributed by atoms with Gasteiger partial charge < -0.3 is 19.6 Å². The number of aromatic hydroxyl groups is 1. The molecule has 27 heavy (non-hydrogen) atoms. The van der Waals surface area contributed by atoms with E-state index < -0.39 is 0 Å². The van der Waals surface area contributed by atoms with E-state index >= 15 is 0 Å². The number of phenols is 1. The van der Waals surface area contributed by atoms with Crippen molar-refractivity contribution in [3.63, 3.8) is 0 Å². The highest BCUT2D eigenvalue weighted by Crippen LogP contribution is 2.41. The summed E-state index contributed by atoms with van der Waals surface area (Å²) >= 11 is 1.63. The number of aromatic nitrogens is 2. The van der Waals surface area contributed by atoms with E-state index in [1.54, 1.807) is 23.5 Å². The van der Waals surface area contributed by atoms with Gasteiger partial charge in [-0.05, 0) is 23.6 Å². The Morgan fingerprint density at radius 2 is 1.63 bits per heavy atom. The third-order valence-electron chi connectivity index (χ3n) is 4.31. The van der Waals surface area contributed by atoms with Crippen LogP contribution in [0.1, 0.15) is 0 Å². The second kappa shape index (κ2) is 7.17. The molecule has 0 amide bonds. The first-order chi connectivity index (χ1) is 13.2. The van der Waals surface area contributed by atoms with Crippen LogP contribution in [0.3, 0.4) is 0 Å². The van der Waals surface area contributed by atoms with E-state index in [9.17, 15) is 5.11 Å². The second-order valence-electron chi connectivity index (χ2n) is 5.92. The molecule has 0 aliphatic carbocycles. The number of phenolic OH excluding ortho intramolecular Hbond substituents is 1. The van der Waals surface area contributed by atoms with Gasteiger partial charge in [0, 0.05) is 22.1 Å². The minimum Gasteiger partial charge on any atom is -0.502 e. The molecule has 0 aliphatic rings. The zero-order valence-corrected chi connectivity index (χ0v) is 15.7. The van der Waals surface area contributed by atoms with Crippen LogP contribution in [0, 0.1) is 0 Å². The van der Waals surface area contributed by atoms with E-state index in [2.05, 4.69) is 16.4 Å². The molecular weight excluding hydrogens is 360 g/mol. The van der Waals surface area contributed by atoms with E-state index in [0.29, 0.717) is 17.3 Å². The van der Waals surface area contributed by atoms with Crippen molar-refractivity contribution in [3.05, 3.63) is 59.3 Å². The summed E-state index contributed by atoms with van der Waals surface area (Å²) < 4.78 is 10.5. The van der Waals surface area contributed by atoms with Crippen molar-refractivity contribution < 1.29 is 14.6 Å². The lowest BCUT2D eigenvalue weighted by atomic mass is 10.1. The van der Waals surface area contributed by atoms with Crippen molar-refractivity contribution in [1.29, 1.82) is 0 Å². The van der Waals surface area contributed by atoms with Crippen molar-refractivity contribution in [3.8, 4) is 51.2 Å². The number of nitrogens with one attached hydrogen (secondary N) is 1. The Morgan fingerprint density at radius 1 is 0.926 bits per heavy atom. The van der Waals surface area contributed by atoms with Crippen LogP contribution >= 0.6 is 11.3 Å². The first-order valence-corrected chi connectivity index (χ1v) is 9.29. The molecule has 0 atom stereocenters. The van der Waals surface area contributed by atoms with Crippen LogP contribution in [0.25, 0.3) is 33.9 Å². The van der Waals surface area contributed by atoms with E-state index in [-0.39, 0.29) is 5.75 Å². The number of H-pyrrole nitrogens is 1. The summed E-state index contributed by atoms with van der Waals surface area (Å²) in [4.78, 5) is 8.26. The molecule has 0 spiro atoms.